The molecule has 0 saturated carbocycles. The number of nitrogens with zero attached hydrogens (tertiary/aromatic N) is 2. The minimum atomic E-state index is -0.542. The second-order valence-corrected chi connectivity index (χ2v) is 5.19. The molecule has 20 heavy (non-hydrogen) atoms. The van der Waals surface area contributed by atoms with Gasteiger partial charge in [0.05, 0.1) is 10.7 Å². The van der Waals surface area contributed by atoms with Crippen molar-refractivity contribution in [1.82, 2.24) is 9.97 Å². The highest BCUT2D eigenvalue weighted by atomic mass is 35.5. The van der Waals surface area contributed by atoms with Crippen LogP contribution in [0.2, 0.25) is 5.02 Å². The highest BCUT2D eigenvalue weighted by Gasteiger charge is 2.17. The van der Waals surface area contributed by atoms with E-state index in [0.717, 1.165) is 6.07 Å². The van der Waals surface area contributed by atoms with Crippen molar-refractivity contribution in [2.24, 2.45) is 0 Å². The van der Waals surface area contributed by atoms with Gasteiger partial charge in [0.2, 0.25) is 0 Å². The molecule has 0 fully saturated rings. The Morgan fingerprint density at radius 1 is 1.50 bits per heavy atom. The van der Waals surface area contributed by atoms with Crippen molar-refractivity contribution in [2.45, 2.75) is 12.1 Å². The van der Waals surface area contributed by atoms with Crippen molar-refractivity contribution >= 4 is 23.4 Å². The number of aryl methyl sites for hydroxylation is 1. The lowest BCUT2D eigenvalue weighted by molar-refractivity contribution is 0.619. The number of halogens is 2. The summed E-state index contributed by atoms with van der Waals surface area (Å²) in [5.41, 5.74) is 0.203. The first-order valence-electron chi connectivity index (χ1n) is 5.52. The molecule has 0 radical (unpaired) electrons. The normalized spacial score (nSPS) is 10.3. The smallest absolute Gasteiger partial charge is 0.270 e. The summed E-state index contributed by atoms with van der Waals surface area (Å²) in [7, 11) is 0. The van der Waals surface area contributed by atoms with Crippen LogP contribution >= 0.6 is 23.4 Å². The van der Waals surface area contributed by atoms with Gasteiger partial charge in [0, 0.05) is 5.56 Å². The van der Waals surface area contributed by atoms with Crippen LogP contribution in [-0.4, -0.2) is 16.2 Å². The van der Waals surface area contributed by atoms with Gasteiger partial charge in [0.15, 0.2) is 5.16 Å². The molecule has 0 aliphatic carbocycles. The second kappa shape index (κ2) is 5.65. The summed E-state index contributed by atoms with van der Waals surface area (Å²) in [6.07, 6.45) is 1.74. The number of aromatic amines is 1. The molecule has 2 aromatic rings. The van der Waals surface area contributed by atoms with Crippen molar-refractivity contribution in [3.63, 3.8) is 0 Å². The molecule has 4 nitrogen and oxygen atoms in total. The fourth-order valence-electron chi connectivity index (χ4n) is 1.69. The average Bonchev–Trinajstić information content (AvgIpc) is 2.42. The van der Waals surface area contributed by atoms with Crippen LogP contribution < -0.4 is 5.56 Å². The highest BCUT2D eigenvalue weighted by Crippen LogP contribution is 2.30. The summed E-state index contributed by atoms with van der Waals surface area (Å²) < 4.78 is 13.4. The first-order valence-corrected chi connectivity index (χ1v) is 7.12. The maximum absolute atomic E-state index is 13.4. The molecular formula is C13H9ClFN3OS. The molecule has 1 aromatic heterocycles. The summed E-state index contributed by atoms with van der Waals surface area (Å²) in [6.45, 7) is 1.57. The molecule has 1 heterocycles. The van der Waals surface area contributed by atoms with E-state index in [9.17, 15) is 9.18 Å². The van der Waals surface area contributed by atoms with Crippen molar-refractivity contribution in [3.05, 3.63) is 44.5 Å². The Morgan fingerprint density at radius 3 is 2.80 bits per heavy atom. The van der Waals surface area contributed by atoms with Crippen LogP contribution in [0.1, 0.15) is 11.1 Å². The van der Waals surface area contributed by atoms with E-state index in [-0.39, 0.29) is 16.3 Å². The largest absolute Gasteiger partial charge is 0.300 e. The van der Waals surface area contributed by atoms with Gasteiger partial charge in [0.25, 0.3) is 5.56 Å². The topological polar surface area (TPSA) is 69.5 Å². The Labute approximate surface area is 123 Å². The lowest BCUT2D eigenvalue weighted by Crippen LogP contribution is -2.14. The number of benzene rings is 1. The minimum Gasteiger partial charge on any atom is -0.300 e. The van der Waals surface area contributed by atoms with Gasteiger partial charge in [-0.15, -0.1) is 0 Å². The van der Waals surface area contributed by atoms with E-state index in [1.165, 1.54) is 17.8 Å². The highest BCUT2D eigenvalue weighted by molar-refractivity contribution is 7.98. The SMILES string of the molecule is CSc1nc(-c2cc(C)c(F)cc2Cl)c(C#N)c(=O)[nH]1. The molecule has 7 heteroatoms. The fourth-order valence-corrected chi connectivity index (χ4v) is 2.30. The third kappa shape index (κ3) is 2.55. The summed E-state index contributed by atoms with van der Waals surface area (Å²) in [5.74, 6) is -0.452. The monoisotopic (exact) mass is 309 g/mol. The van der Waals surface area contributed by atoms with Gasteiger partial charge >= 0.3 is 0 Å². The maximum atomic E-state index is 13.4. The molecule has 2 rings (SSSR count). The summed E-state index contributed by atoms with van der Waals surface area (Å²) in [5, 5.41) is 9.57. The molecular weight excluding hydrogens is 301 g/mol. The van der Waals surface area contributed by atoms with Gasteiger partial charge in [-0.2, -0.15) is 5.26 Å². The predicted molar refractivity (Wildman–Crippen MR) is 76.5 cm³/mol. The number of hydrogen-bond acceptors (Lipinski definition) is 4. The van der Waals surface area contributed by atoms with E-state index in [2.05, 4.69) is 9.97 Å². The van der Waals surface area contributed by atoms with E-state index < -0.39 is 11.4 Å². The fraction of sp³-hybridized carbons (Fsp3) is 0.154. The van der Waals surface area contributed by atoms with Crippen LogP contribution in [0.25, 0.3) is 11.3 Å². The molecule has 0 bridgehead atoms. The molecule has 102 valence electrons. The number of H-pyrrole nitrogens is 1. The van der Waals surface area contributed by atoms with Crippen LogP contribution in [-0.2, 0) is 0 Å². The number of rotatable bonds is 2. The van der Waals surface area contributed by atoms with Gasteiger partial charge in [-0.1, -0.05) is 23.4 Å². The Kier molecular flexibility index (Phi) is 4.12. The van der Waals surface area contributed by atoms with Gasteiger partial charge in [-0.3, -0.25) is 4.79 Å². The lowest BCUT2D eigenvalue weighted by atomic mass is 10.0. The lowest BCUT2D eigenvalue weighted by Gasteiger charge is -2.08. The van der Waals surface area contributed by atoms with E-state index in [4.69, 9.17) is 16.9 Å². The molecule has 0 amide bonds. The Hall–Kier alpha value is -1.84. The van der Waals surface area contributed by atoms with Crippen molar-refractivity contribution in [3.8, 4) is 17.3 Å². The van der Waals surface area contributed by atoms with Crippen molar-refractivity contribution in [2.75, 3.05) is 6.26 Å². The molecule has 1 N–H and O–H groups in total. The average molecular weight is 310 g/mol. The standard InChI is InChI=1S/C13H9ClFN3OS/c1-6-3-7(9(14)4-10(6)15)11-8(5-16)12(19)18-13(17-11)20-2/h3-4H,1-2H3,(H,17,18,19). The molecule has 0 saturated heterocycles. The number of nitriles is 1. The van der Waals surface area contributed by atoms with Crippen LogP contribution in [0.4, 0.5) is 4.39 Å². The quantitative estimate of drug-likeness (QED) is 0.683. The summed E-state index contributed by atoms with van der Waals surface area (Å²) in [4.78, 5) is 18.5. The van der Waals surface area contributed by atoms with Gasteiger partial charge < -0.3 is 4.98 Å². The number of hydrogen-bond donors (Lipinski definition) is 1. The van der Waals surface area contributed by atoms with Crippen LogP contribution in [0, 0.1) is 24.1 Å². The van der Waals surface area contributed by atoms with Crippen LogP contribution in [0.15, 0.2) is 22.1 Å². The summed E-state index contributed by atoms with van der Waals surface area (Å²) >= 11 is 7.24. The molecule has 0 unspecified atom stereocenters. The summed E-state index contributed by atoms with van der Waals surface area (Å²) in [6, 6.07) is 4.43. The zero-order chi connectivity index (χ0) is 14.9. The molecule has 1 aromatic carbocycles. The third-order valence-electron chi connectivity index (χ3n) is 2.71. The molecule has 0 spiro atoms. The number of nitrogens with one attached hydrogen (secondary N) is 1. The Morgan fingerprint density at radius 2 is 2.20 bits per heavy atom. The van der Waals surface area contributed by atoms with E-state index in [1.54, 1.807) is 13.2 Å². The van der Waals surface area contributed by atoms with Crippen molar-refractivity contribution < 1.29 is 4.39 Å². The Bertz CT molecular complexity index is 782. The first-order chi connectivity index (χ1) is 9.47. The zero-order valence-electron chi connectivity index (χ0n) is 10.6. The predicted octanol–water partition coefficient (Wildman–Crippen LogP) is 3.13. The first kappa shape index (κ1) is 14.6. The van der Waals surface area contributed by atoms with Crippen LogP contribution in [0.3, 0.4) is 0 Å². The number of aromatic nitrogens is 2. The Balaban J connectivity index is 2.82. The molecule has 0 aliphatic heterocycles. The van der Waals surface area contributed by atoms with Crippen LogP contribution in [0.5, 0.6) is 0 Å². The maximum Gasteiger partial charge on any atom is 0.270 e. The van der Waals surface area contributed by atoms with E-state index in [0.29, 0.717) is 16.3 Å². The molecule has 0 atom stereocenters. The second-order valence-electron chi connectivity index (χ2n) is 3.99. The van der Waals surface area contributed by atoms with E-state index >= 15 is 0 Å². The number of thioether (sulfide) groups is 1. The zero-order valence-corrected chi connectivity index (χ0v) is 12.2. The van der Waals surface area contributed by atoms with Gasteiger partial charge in [0.1, 0.15) is 17.4 Å². The third-order valence-corrected chi connectivity index (χ3v) is 3.60. The van der Waals surface area contributed by atoms with Gasteiger partial charge in [-0.05, 0) is 30.9 Å². The van der Waals surface area contributed by atoms with E-state index in [1.807, 2.05) is 6.07 Å². The van der Waals surface area contributed by atoms with Gasteiger partial charge in [-0.25, -0.2) is 9.37 Å². The van der Waals surface area contributed by atoms with Crippen molar-refractivity contribution in [1.29, 1.82) is 5.26 Å². The molecule has 0 aliphatic rings. The minimum absolute atomic E-state index is 0.106.